The number of methoxy groups -OCH3 is 1. The van der Waals surface area contributed by atoms with Crippen LogP contribution in [0.4, 0.5) is 5.69 Å². The Balaban J connectivity index is 1.64. The van der Waals surface area contributed by atoms with E-state index in [9.17, 15) is 9.59 Å². The van der Waals surface area contributed by atoms with Crippen LogP contribution in [0, 0.1) is 13.8 Å². The summed E-state index contributed by atoms with van der Waals surface area (Å²) in [6.07, 6.45) is 0. The molecule has 1 aliphatic heterocycles. The van der Waals surface area contributed by atoms with Gasteiger partial charge in [0.15, 0.2) is 0 Å². The second-order valence-electron chi connectivity index (χ2n) is 6.13. The number of nitrogens with one attached hydrogen (secondary N) is 1. The van der Waals surface area contributed by atoms with Crippen molar-refractivity contribution in [2.75, 3.05) is 38.2 Å². The van der Waals surface area contributed by atoms with E-state index in [2.05, 4.69) is 19.8 Å². The predicted octanol–water partition coefficient (Wildman–Crippen LogP) is 1.78. The number of benzene rings is 1. The normalized spacial score (nSPS) is 14.5. The fourth-order valence-electron chi connectivity index (χ4n) is 3.19. The topological polar surface area (TPSA) is 78.5 Å². The maximum atomic E-state index is 12.7. The van der Waals surface area contributed by atoms with E-state index in [1.54, 1.807) is 24.3 Å². The first kappa shape index (κ1) is 17.0. The van der Waals surface area contributed by atoms with E-state index in [1.165, 1.54) is 7.11 Å². The molecule has 0 saturated carbocycles. The number of aromatic amines is 1. The van der Waals surface area contributed by atoms with Crippen LogP contribution in [0.3, 0.4) is 0 Å². The summed E-state index contributed by atoms with van der Waals surface area (Å²) in [6, 6.07) is 6.58. The Morgan fingerprint density at radius 3 is 2.16 bits per heavy atom. The summed E-state index contributed by atoms with van der Waals surface area (Å²) in [5.41, 5.74) is 4.19. The second-order valence-corrected chi connectivity index (χ2v) is 6.13. The third kappa shape index (κ3) is 3.35. The molecule has 3 rings (SSSR count). The van der Waals surface area contributed by atoms with Gasteiger partial charge in [-0.3, -0.25) is 9.89 Å². The van der Waals surface area contributed by atoms with Gasteiger partial charge in [-0.25, -0.2) is 4.79 Å². The molecule has 0 radical (unpaired) electrons. The first-order valence-corrected chi connectivity index (χ1v) is 8.25. The highest BCUT2D eigenvalue weighted by atomic mass is 16.5. The third-order valence-corrected chi connectivity index (χ3v) is 4.53. The number of anilines is 1. The van der Waals surface area contributed by atoms with Crippen molar-refractivity contribution in [3.63, 3.8) is 0 Å². The van der Waals surface area contributed by atoms with Crippen molar-refractivity contribution in [1.29, 1.82) is 0 Å². The first-order chi connectivity index (χ1) is 12.0. The average Bonchev–Trinajstić information content (AvgIpc) is 2.99. The number of esters is 1. The number of hydrogen-bond acceptors (Lipinski definition) is 5. The number of amides is 1. The zero-order chi connectivity index (χ0) is 18.0. The van der Waals surface area contributed by atoms with Gasteiger partial charge < -0.3 is 14.5 Å². The molecule has 1 aromatic carbocycles. The molecule has 25 heavy (non-hydrogen) atoms. The highest BCUT2D eigenvalue weighted by molar-refractivity contribution is 5.96. The zero-order valence-corrected chi connectivity index (χ0v) is 14.7. The number of rotatable bonds is 3. The van der Waals surface area contributed by atoms with Crippen molar-refractivity contribution in [3.8, 4) is 0 Å². The van der Waals surface area contributed by atoms with E-state index < -0.39 is 5.97 Å². The molecule has 0 bridgehead atoms. The third-order valence-electron chi connectivity index (χ3n) is 4.53. The molecule has 7 nitrogen and oxygen atoms in total. The summed E-state index contributed by atoms with van der Waals surface area (Å²) in [5.74, 6) is -0.421. The molecule has 1 N–H and O–H groups in total. The molecule has 132 valence electrons. The lowest BCUT2D eigenvalue weighted by Gasteiger charge is -2.36. The van der Waals surface area contributed by atoms with E-state index >= 15 is 0 Å². The minimum absolute atomic E-state index is 0.0169. The summed E-state index contributed by atoms with van der Waals surface area (Å²) in [6.45, 7) is 6.85. The Kier molecular flexibility index (Phi) is 4.74. The molecule has 7 heteroatoms. The number of ether oxygens (including phenoxy) is 1. The number of aromatic nitrogens is 2. The van der Waals surface area contributed by atoms with Gasteiger partial charge >= 0.3 is 5.97 Å². The van der Waals surface area contributed by atoms with Gasteiger partial charge in [-0.05, 0) is 38.1 Å². The number of aryl methyl sites for hydroxylation is 2. The van der Waals surface area contributed by atoms with Crippen LogP contribution in [0.1, 0.15) is 32.1 Å². The summed E-state index contributed by atoms with van der Waals surface area (Å²) in [4.78, 5) is 28.2. The van der Waals surface area contributed by atoms with Crippen LogP contribution in [0.2, 0.25) is 0 Å². The van der Waals surface area contributed by atoms with E-state index in [-0.39, 0.29) is 5.91 Å². The molecule has 1 aliphatic rings. The summed E-state index contributed by atoms with van der Waals surface area (Å²) >= 11 is 0. The molecule has 0 spiro atoms. The van der Waals surface area contributed by atoms with Crippen LogP contribution in [0.5, 0.6) is 0 Å². The van der Waals surface area contributed by atoms with Crippen LogP contribution < -0.4 is 4.90 Å². The SMILES string of the molecule is COC(=O)c1ccc(C(=O)N2CCN(c3c(C)n[nH]c3C)CC2)cc1. The lowest BCUT2D eigenvalue weighted by molar-refractivity contribution is 0.0599. The van der Waals surface area contributed by atoms with Crippen LogP contribution in [0.15, 0.2) is 24.3 Å². The fourth-order valence-corrected chi connectivity index (χ4v) is 3.19. The lowest BCUT2D eigenvalue weighted by atomic mass is 10.1. The van der Waals surface area contributed by atoms with Crippen LogP contribution in [0.25, 0.3) is 0 Å². The van der Waals surface area contributed by atoms with Crippen molar-refractivity contribution in [3.05, 3.63) is 46.8 Å². The predicted molar refractivity (Wildman–Crippen MR) is 94.0 cm³/mol. The molecular weight excluding hydrogens is 320 g/mol. The first-order valence-electron chi connectivity index (χ1n) is 8.25. The Hall–Kier alpha value is -2.83. The molecular formula is C18H22N4O3. The Morgan fingerprint density at radius 2 is 1.64 bits per heavy atom. The Labute approximate surface area is 146 Å². The van der Waals surface area contributed by atoms with Gasteiger partial charge in [-0.15, -0.1) is 0 Å². The van der Waals surface area contributed by atoms with Crippen LogP contribution in [-0.4, -0.2) is 60.3 Å². The van der Waals surface area contributed by atoms with Gasteiger partial charge in [-0.2, -0.15) is 5.10 Å². The molecule has 1 fully saturated rings. The summed E-state index contributed by atoms with van der Waals surface area (Å²) in [7, 11) is 1.34. The van der Waals surface area contributed by atoms with Crippen LogP contribution >= 0.6 is 0 Å². The van der Waals surface area contributed by atoms with Gasteiger partial charge in [-0.1, -0.05) is 0 Å². The number of nitrogens with zero attached hydrogens (tertiary/aromatic N) is 3. The van der Waals surface area contributed by atoms with E-state index in [4.69, 9.17) is 0 Å². The van der Waals surface area contributed by atoms with E-state index in [1.807, 2.05) is 18.7 Å². The van der Waals surface area contributed by atoms with Gasteiger partial charge in [0, 0.05) is 31.7 Å². The summed E-state index contributed by atoms with van der Waals surface area (Å²) in [5, 5.41) is 7.24. The maximum absolute atomic E-state index is 12.7. The number of carbonyl (C=O) groups excluding carboxylic acids is 2. The zero-order valence-electron chi connectivity index (χ0n) is 14.7. The monoisotopic (exact) mass is 342 g/mol. The van der Waals surface area contributed by atoms with Gasteiger partial charge in [0.05, 0.1) is 29.7 Å². The highest BCUT2D eigenvalue weighted by Crippen LogP contribution is 2.23. The molecule has 1 saturated heterocycles. The Bertz CT molecular complexity index is 755. The standard InChI is InChI=1S/C18H22N4O3/c1-12-16(13(2)20-19-12)21-8-10-22(11-9-21)17(23)14-4-6-15(7-5-14)18(24)25-3/h4-7H,8-11H2,1-3H3,(H,19,20). The molecule has 0 aliphatic carbocycles. The number of piperazine rings is 1. The highest BCUT2D eigenvalue weighted by Gasteiger charge is 2.24. The van der Waals surface area contributed by atoms with E-state index in [0.29, 0.717) is 24.2 Å². The molecule has 0 unspecified atom stereocenters. The second kappa shape index (κ2) is 6.96. The number of H-pyrrole nitrogens is 1. The van der Waals surface area contributed by atoms with Gasteiger partial charge in [0.2, 0.25) is 0 Å². The number of hydrogen-bond donors (Lipinski definition) is 1. The fraction of sp³-hybridized carbons (Fsp3) is 0.389. The van der Waals surface area contributed by atoms with Crippen molar-refractivity contribution < 1.29 is 14.3 Å². The molecule has 1 aromatic heterocycles. The Morgan fingerprint density at radius 1 is 1.04 bits per heavy atom. The largest absolute Gasteiger partial charge is 0.465 e. The molecule has 2 aromatic rings. The van der Waals surface area contributed by atoms with Crippen molar-refractivity contribution in [2.45, 2.75) is 13.8 Å². The van der Waals surface area contributed by atoms with Gasteiger partial charge in [0.25, 0.3) is 5.91 Å². The number of carbonyl (C=O) groups is 2. The molecule has 2 heterocycles. The smallest absolute Gasteiger partial charge is 0.337 e. The van der Waals surface area contributed by atoms with Crippen molar-refractivity contribution in [1.82, 2.24) is 15.1 Å². The van der Waals surface area contributed by atoms with E-state index in [0.717, 1.165) is 30.2 Å². The molecule has 1 amide bonds. The maximum Gasteiger partial charge on any atom is 0.337 e. The minimum atomic E-state index is -0.404. The lowest BCUT2D eigenvalue weighted by Crippen LogP contribution is -2.49. The molecule has 0 atom stereocenters. The minimum Gasteiger partial charge on any atom is -0.465 e. The summed E-state index contributed by atoms with van der Waals surface area (Å²) < 4.78 is 4.67. The van der Waals surface area contributed by atoms with Crippen LogP contribution in [-0.2, 0) is 4.74 Å². The van der Waals surface area contributed by atoms with Crippen molar-refractivity contribution in [2.24, 2.45) is 0 Å². The van der Waals surface area contributed by atoms with Gasteiger partial charge in [0.1, 0.15) is 0 Å². The average molecular weight is 342 g/mol. The quantitative estimate of drug-likeness (QED) is 0.860. The van der Waals surface area contributed by atoms with Crippen molar-refractivity contribution >= 4 is 17.6 Å².